The van der Waals surface area contributed by atoms with Crippen molar-refractivity contribution in [1.29, 1.82) is 0 Å². The Morgan fingerprint density at radius 3 is 2.68 bits per heavy atom. The van der Waals surface area contributed by atoms with Crippen LogP contribution in [0.2, 0.25) is 0 Å². The van der Waals surface area contributed by atoms with Gasteiger partial charge in [-0.1, -0.05) is 46.0 Å². The summed E-state index contributed by atoms with van der Waals surface area (Å²) < 4.78 is 0. The van der Waals surface area contributed by atoms with Gasteiger partial charge in [-0.2, -0.15) is 0 Å². The molecule has 2 rings (SSSR count). The molecule has 1 saturated carbocycles. The molecule has 1 saturated heterocycles. The first kappa shape index (κ1) is 14.8. The third-order valence-electron chi connectivity index (χ3n) is 5.06. The van der Waals surface area contributed by atoms with Gasteiger partial charge in [-0.3, -0.25) is 10.1 Å². The van der Waals surface area contributed by atoms with E-state index in [0.717, 1.165) is 25.3 Å². The fourth-order valence-electron chi connectivity index (χ4n) is 3.62. The standard InChI is InChI=1S/C16H30N2O/c1-4-5-10-15-16(19)18(13(3)17-15)11-14-9-7-6-8-12(14)2/h12-15,17H,4-11H2,1-3H3. The summed E-state index contributed by atoms with van der Waals surface area (Å²) in [5, 5.41) is 3.47. The van der Waals surface area contributed by atoms with E-state index in [-0.39, 0.29) is 12.2 Å². The highest BCUT2D eigenvalue weighted by atomic mass is 16.2. The molecular formula is C16H30N2O. The number of rotatable bonds is 5. The van der Waals surface area contributed by atoms with Crippen LogP contribution >= 0.6 is 0 Å². The molecule has 2 fully saturated rings. The van der Waals surface area contributed by atoms with Crippen molar-refractivity contribution < 1.29 is 4.79 Å². The zero-order chi connectivity index (χ0) is 13.8. The van der Waals surface area contributed by atoms with Gasteiger partial charge in [0, 0.05) is 6.54 Å². The van der Waals surface area contributed by atoms with Crippen molar-refractivity contribution in [3.05, 3.63) is 0 Å². The average molecular weight is 266 g/mol. The summed E-state index contributed by atoms with van der Waals surface area (Å²) in [6, 6.07) is 0.0776. The van der Waals surface area contributed by atoms with E-state index < -0.39 is 0 Å². The predicted octanol–water partition coefficient (Wildman–Crippen LogP) is 3.15. The zero-order valence-corrected chi connectivity index (χ0v) is 12.8. The summed E-state index contributed by atoms with van der Waals surface area (Å²) in [4.78, 5) is 14.6. The Hall–Kier alpha value is -0.570. The SMILES string of the molecule is CCCCC1NC(C)N(CC2CCCCC2C)C1=O. The molecule has 3 heteroatoms. The van der Waals surface area contributed by atoms with Gasteiger partial charge in [0.05, 0.1) is 12.2 Å². The lowest BCUT2D eigenvalue weighted by Gasteiger charge is -2.33. The molecule has 0 spiro atoms. The number of nitrogens with one attached hydrogen (secondary N) is 1. The fraction of sp³-hybridized carbons (Fsp3) is 0.938. The summed E-state index contributed by atoms with van der Waals surface area (Å²) in [5.74, 6) is 1.84. The monoisotopic (exact) mass is 266 g/mol. The highest BCUT2D eigenvalue weighted by Gasteiger charge is 2.37. The molecule has 0 aromatic carbocycles. The van der Waals surface area contributed by atoms with Crippen LogP contribution in [-0.4, -0.2) is 29.6 Å². The van der Waals surface area contributed by atoms with E-state index in [4.69, 9.17) is 0 Å². The van der Waals surface area contributed by atoms with Crippen LogP contribution in [0.5, 0.6) is 0 Å². The van der Waals surface area contributed by atoms with E-state index in [1.165, 1.54) is 32.1 Å². The van der Waals surface area contributed by atoms with Crippen molar-refractivity contribution in [3.63, 3.8) is 0 Å². The summed E-state index contributed by atoms with van der Waals surface area (Å²) in [6.07, 6.45) is 8.89. The molecule has 19 heavy (non-hydrogen) atoms. The van der Waals surface area contributed by atoms with Crippen LogP contribution in [0.15, 0.2) is 0 Å². The van der Waals surface area contributed by atoms with Crippen molar-refractivity contribution >= 4 is 5.91 Å². The smallest absolute Gasteiger partial charge is 0.241 e. The van der Waals surface area contributed by atoms with Crippen molar-refractivity contribution in [2.45, 2.75) is 77.9 Å². The Morgan fingerprint density at radius 1 is 1.26 bits per heavy atom. The van der Waals surface area contributed by atoms with Gasteiger partial charge in [0.2, 0.25) is 5.91 Å². The Balaban J connectivity index is 1.90. The number of carbonyl (C=O) groups excluding carboxylic acids is 1. The first-order chi connectivity index (χ1) is 9.13. The van der Waals surface area contributed by atoms with Gasteiger partial charge in [0.1, 0.15) is 0 Å². The minimum atomic E-state index is 0.0776. The van der Waals surface area contributed by atoms with Crippen LogP contribution in [0.1, 0.15) is 65.7 Å². The molecule has 1 aliphatic heterocycles. The van der Waals surface area contributed by atoms with Gasteiger partial charge in [0.15, 0.2) is 0 Å². The first-order valence-corrected chi connectivity index (χ1v) is 8.20. The van der Waals surface area contributed by atoms with Gasteiger partial charge < -0.3 is 4.90 Å². The molecule has 1 aliphatic carbocycles. The van der Waals surface area contributed by atoms with Crippen LogP contribution in [0, 0.1) is 11.8 Å². The van der Waals surface area contributed by atoms with Gasteiger partial charge in [0.25, 0.3) is 0 Å². The molecule has 110 valence electrons. The van der Waals surface area contributed by atoms with E-state index in [1.54, 1.807) is 0 Å². The summed E-state index contributed by atoms with van der Waals surface area (Å²) >= 11 is 0. The van der Waals surface area contributed by atoms with Crippen LogP contribution in [0.25, 0.3) is 0 Å². The van der Waals surface area contributed by atoms with E-state index in [2.05, 4.69) is 31.0 Å². The molecular weight excluding hydrogens is 236 g/mol. The maximum Gasteiger partial charge on any atom is 0.241 e. The quantitative estimate of drug-likeness (QED) is 0.829. The van der Waals surface area contributed by atoms with Crippen LogP contribution in [-0.2, 0) is 4.79 Å². The van der Waals surface area contributed by atoms with Crippen LogP contribution in [0.4, 0.5) is 0 Å². The second-order valence-corrected chi connectivity index (χ2v) is 6.55. The van der Waals surface area contributed by atoms with Gasteiger partial charge in [-0.15, -0.1) is 0 Å². The molecule has 0 radical (unpaired) electrons. The van der Waals surface area contributed by atoms with Crippen LogP contribution in [0.3, 0.4) is 0 Å². The molecule has 0 aromatic heterocycles. The van der Waals surface area contributed by atoms with Crippen molar-refractivity contribution in [2.24, 2.45) is 11.8 Å². The lowest BCUT2D eigenvalue weighted by molar-refractivity contribution is -0.131. The number of hydrogen-bond acceptors (Lipinski definition) is 2. The Kier molecular flexibility index (Phi) is 5.26. The Labute approximate surface area is 118 Å². The molecule has 3 nitrogen and oxygen atoms in total. The Morgan fingerprint density at radius 2 is 2.00 bits per heavy atom. The predicted molar refractivity (Wildman–Crippen MR) is 78.7 cm³/mol. The zero-order valence-electron chi connectivity index (χ0n) is 12.8. The number of hydrogen-bond donors (Lipinski definition) is 1. The average Bonchev–Trinajstić information content (AvgIpc) is 2.66. The molecule has 4 unspecified atom stereocenters. The molecule has 4 atom stereocenters. The lowest BCUT2D eigenvalue weighted by Crippen LogP contribution is -2.40. The molecule has 2 aliphatic rings. The van der Waals surface area contributed by atoms with Crippen LogP contribution < -0.4 is 5.32 Å². The number of unbranched alkanes of at least 4 members (excludes halogenated alkanes) is 1. The second-order valence-electron chi connectivity index (χ2n) is 6.55. The number of carbonyl (C=O) groups is 1. The van der Waals surface area contributed by atoms with Gasteiger partial charge in [-0.25, -0.2) is 0 Å². The molecule has 1 N–H and O–H groups in total. The van der Waals surface area contributed by atoms with E-state index in [1.807, 2.05) is 0 Å². The minimum Gasteiger partial charge on any atom is -0.326 e. The third-order valence-corrected chi connectivity index (χ3v) is 5.06. The van der Waals surface area contributed by atoms with Crippen molar-refractivity contribution in [3.8, 4) is 0 Å². The third kappa shape index (κ3) is 3.50. The highest BCUT2D eigenvalue weighted by molar-refractivity contribution is 5.84. The maximum atomic E-state index is 12.5. The second kappa shape index (κ2) is 6.74. The topological polar surface area (TPSA) is 32.3 Å². The summed E-state index contributed by atoms with van der Waals surface area (Å²) in [7, 11) is 0. The molecule has 0 aromatic rings. The van der Waals surface area contributed by atoms with Gasteiger partial charge >= 0.3 is 0 Å². The fourth-order valence-corrected chi connectivity index (χ4v) is 3.62. The number of nitrogens with zero attached hydrogens (tertiary/aromatic N) is 1. The first-order valence-electron chi connectivity index (χ1n) is 8.20. The van der Waals surface area contributed by atoms with E-state index in [0.29, 0.717) is 11.8 Å². The Bertz CT molecular complexity index is 305. The lowest BCUT2D eigenvalue weighted by atomic mass is 9.80. The number of amides is 1. The normalized spacial score (nSPS) is 35.9. The maximum absolute atomic E-state index is 12.5. The summed E-state index contributed by atoms with van der Waals surface area (Å²) in [5.41, 5.74) is 0. The van der Waals surface area contributed by atoms with Crippen molar-refractivity contribution in [1.82, 2.24) is 10.2 Å². The van der Waals surface area contributed by atoms with E-state index in [9.17, 15) is 4.79 Å². The van der Waals surface area contributed by atoms with E-state index >= 15 is 0 Å². The van der Waals surface area contributed by atoms with Crippen molar-refractivity contribution in [2.75, 3.05) is 6.54 Å². The highest BCUT2D eigenvalue weighted by Crippen LogP contribution is 2.31. The molecule has 1 heterocycles. The minimum absolute atomic E-state index is 0.0776. The summed E-state index contributed by atoms with van der Waals surface area (Å²) in [6.45, 7) is 7.65. The molecule has 0 bridgehead atoms. The largest absolute Gasteiger partial charge is 0.326 e. The van der Waals surface area contributed by atoms with Gasteiger partial charge in [-0.05, 0) is 31.6 Å². The molecule has 1 amide bonds.